The molecule has 0 radical (unpaired) electrons. The van der Waals surface area contributed by atoms with E-state index in [2.05, 4.69) is 46.7 Å². The molecule has 0 bridgehead atoms. The van der Waals surface area contributed by atoms with Crippen LogP contribution in [0.1, 0.15) is 16.7 Å². The van der Waals surface area contributed by atoms with E-state index in [1.165, 1.54) is 11.1 Å². The summed E-state index contributed by atoms with van der Waals surface area (Å²) in [6.45, 7) is 2.72. The SMILES string of the molecule is C(=C\c1cccc(C[C@@H]2CNCCO2)c1)/c1ccncc1. The third kappa shape index (κ3) is 4.25. The molecular weight excluding hydrogens is 260 g/mol. The number of nitrogens with zero attached hydrogens (tertiary/aromatic N) is 1. The first kappa shape index (κ1) is 14.0. The number of pyridine rings is 1. The van der Waals surface area contributed by atoms with Gasteiger partial charge < -0.3 is 10.1 Å². The van der Waals surface area contributed by atoms with E-state index in [9.17, 15) is 0 Å². The van der Waals surface area contributed by atoms with E-state index in [-0.39, 0.29) is 6.10 Å². The van der Waals surface area contributed by atoms with Crippen LogP contribution in [0.25, 0.3) is 12.2 Å². The van der Waals surface area contributed by atoms with Crippen molar-refractivity contribution in [2.24, 2.45) is 0 Å². The first-order chi connectivity index (χ1) is 10.4. The number of nitrogens with one attached hydrogen (secondary N) is 1. The van der Waals surface area contributed by atoms with E-state index in [1.54, 1.807) is 0 Å². The maximum atomic E-state index is 5.76. The molecule has 0 aliphatic carbocycles. The largest absolute Gasteiger partial charge is 0.375 e. The van der Waals surface area contributed by atoms with Crippen LogP contribution in [0.2, 0.25) is 0 Å². The molecule has 0 amide bonds. The van der Waals surface area contributed by atoms with Crippen molar-refractivity contribution in [1.82, 2.24) is 10.3 Å². The topological polar surface area (TPSA) is 34.1 Å². The first-order valence-corrected chi connectivity index (χ1v) is 7.39. The summed E-state index contributed by atoms with van der Waals surface area (Å²) in [4.78, 5) is 4.03. The molecule has 0 saturated carbocycles. The van der Waals surface area contributed by atoms with Gasteiger partial charge in [0, 0.05) is 25.5 Å². The minimum atomic E-state index is 0.290. The van der Waals surface area contributed by atoms with Gasteiger partial charge in [-0.25, -0.2) is 0 Å². The highest BCUT2D eigenvalue weighted by Gasteiger charge is 2.13. The number of aromatic nitrogens is 1. The summed E-state index contributed by atoms with van der Waals surface area (Å²) in [5.41, 5.74) is 3.70. The fourth-order valence-corrected chi connectivity index (χ4v) is 2.50. The van der Waals surface area contributed by atoms with E-state index < -0.39 is 0 Å². The minimum absolute atomic E-state index is 0.290. The summed E-state index contributed by atoms with van der Waals surface area (Å²) in [6.07, 6.45) is 9.12. The molecule has 1 aliphatic heterocycles. The van der Waals surface area contributed by atoms with Gasteiger partial charge in [-0.15, -0.1) is 0 Å². The van der Waals surface area contributed by atoms with Crippen LogP contribution in [-0.2, 0) is 11.2 Å². The standard InChI is InChI=1S/C18H20N2O/c1-2-16(5-4-15-6-8-19-9-7-15)12-17(3-1)13-18-14-20-10-11-21-18/h1-9,12,18,20H,10-11,13-14H2/b5-4+/t18-/m1/s1. The summed E-state index contributed by atoms with van der Waals surface area (Å²) >= 11 is 0. The fourth-order valence-electron chi connectivity index (χ4n) is 2.50. The summed E-state index contributed by atoms with van der Waals surface area (Å²) in [5.74, 6) is 0. The smallest absolute Gasteiger partial charge is 0.0740 e. The molecule has 1 aliphatic rings. The molecule has 1 aromatic heterocycles. The molecule has 21 heavy (non-hydrogen) atoms. The molecule has 0 spiro atoms. The predicted octanol–water partition coefficient (Wildman–Crippen LogP) is 2.78. The molecule has 1 aromatic carbocycles. The van der Waals surface area contributed by atoms with Gasteiger partial charge in [-0.2, -0.15) is 0 Å². The number of morpholine rings is 1. The van der Waals surface area contributed by atoms with Crippen molar-refractivity contribution in [1.29, 1.82) is 0 Å². The monoisotopic (exact) mass is 280 g/mol. The lowest BCUT2D eigenvalue weighted by atomic mass is 10.0. The number of hydrogen-bond donors (Lipinski definition) is 1. The van der Waals surface area contributed by atoms with Crippen molar-refractivity contribution < 1.29 is 4.74 Å². The third-order valence-electron chi connectivity index (χ3n) is 3.59. The van der Waals surface area contributed by atoms with Crippen molar-refractivity contribution in [3.05, 3.63) is 65.5 Å². The molecule has 2 heterocycles. The van der Waals surface area contributed by atoms with Gasteiger partial charge in [0.15, 0.2) is 0 Å². The summed E-state index contributed by atoms with van der Waals surface area (Å²) in [7, 11) is 0. The molecule has 2 aromatic rings. The molecule has 1 fully saturated rings. The second-order valence-corrected chi connectivity index (χ2v) is 5.26. The summed E-state index contributed by atoms with van der Waals surface area (Å²) in [5, 5.41) is 3.37. The van der Waals surface area contributed by atoms with Gasteiger partial charge >= 0.3 is 0 Å². The van der Waals surface area contributed by atoms with Crippen LogP contribution in [0.5, 0.6) is 0 Å². The van der Waals surface area contributed by atoms with Crippen LogP contribution in [0.3, 0.4) is 0 Å². The van der Waals surface area contributed by atoms with Crippen molar-refractivity contribution in [3.8, 4) is 0 Å². The normalized spacial score (nSPS) is 19.0. The minimum Gasteiger partial charge on any atom is -0.375 e. The zero-order valence-corrected chi connectivity index (χ0v) is 12.0. The van der Waals surface area contributed by atoms with Gasteiger partial charge in [-0.05, 0) is 35.2 Å². The van der Waals surface area contributed by atoms with Crippen molar-refractivity contribution in [2.75, 3.05) is 19.7 Å². The number of benzene rings is 1. The Balaban J connectivity index is 1.66. The molecule has 1 atom stereocenters. The van der Waals surface area contributed by atoms with Crippen LogP contribution in [0, 0.1) is 0 Å². The van der Waals surface area contributed by atoms with Crippen LogP contribution in [-0.4, -0.2) is 30.8 Å². The fraction of sp³-hybridized carbons (Fsp3) is 0.278. The van der Waals surface area contributed by atoms with E-state index in [0.29, 0.717) is 0 Å². The second-order valence-electron chi connectivity index (χ2n) is 5.26. The van der Waals surface area contributed by atoms with Crippen LogP contribution in [0.15, 0.2) is 48.8 Å². The predicted molar refractivity (Wildman–Crippen MR) is 85.9 cm³/mol. The molecular formula is C18H20N2O. The molecule has 1 N–H and O–H groups in total. The van der Waals surface area contributed by atoms with Gasteiger partial charge in [0.25, 0.3) is 0 Å². The highest BCUT2D eigenvalue weighted by atomic mass is 16.5. The Morgan fingerprint density at radius 2 is 2.00 bits per heavy atom. The van der Waals surface area contributed by atoms with E-state index in [0.717, 1.165) is 31.7 Å². The molecule has 3 nitrogen and oxygen atoms in total. The molecule has 3 rings (SSSR count). The second kappa shape index (κ2) is 7.16. The maximum Gasteiger partial charge on any atom is 0.0740 e. The van der Waals surface area contributed by atoms with Crippen molar-refractivity contribution in [3.63, 3.8) is 0 Å². The van der Waals surface area contributed by atoms with Crippen LogP contribution in [0.4, 0.5) is 0 Å². The average molecular weight is 280 g/mol. The molecule has 0 unspecified atom stereocenters. The molecule has 1 saturated heterocycles. The van der Waals surface area contributed by atoms with Gasteiger partial charge in [0.2, 0.25) is 0 Å². The van der Waals surface area contributed by atoms with Gasteiger partial charge in [0.1, 0.15) is 0 Å². The Labute approximate surface area is 125 Å². The number of ether oxygens (including phenoxy) is 1. The van der Waals surface area contributed by atoms with Gasteiger partial charge in [0.05, 0.1) is 12.7 Å². The first-order valence-electron chi connectivity index (χ1n) is 7.39. The highest BCUT2D eigenvalue weighted by Crippen LogP contribution is 2.13. The zero-order chi connectivity index (χ0) is 14.3. The zero-order valence-electron chi connectivity index (χ0n) is 12.0. The quantitative estimate of drug-likeness (QED) is 0.935. The Kier molecular flexibility index (Phi) is 4.77. The summed E-state index contributed by atoms with van der Waals surface area (Å²) < 4.78 is 5.76. The Morgan fingerprint density at radius 3 is 2.81 bits per heavy atom. The number of rotatable bonds is 4. The lowest BCUT2D eigenvalue weighted by Crippen LogP contribution is -2.39. The van der Waals surface area contributed by atoms with Crippen LogP contribution < -0.4 is 5.32 Å². The molecule has 108 valence electrons. The van der Waals surface area contributed by atoms with Crippen LogP contribution >= 0.6 is 0 Å². The van der Waals surface area contributed by atoms with Gasteiger partial charge in [-0.3, -0.25) is 4.98 Å². The Bertz CT molecular complexity index is 589. The van der Waals surface area contributed by atoms with Gasteiger partial charge in [-0.1, -0.05) is 36.4 Å². The summed E-state index contributed by atoms with van der Waals surface area (Å²) in [6, 6.07) is 12.6. The lowest BCUT2D eigenvalue weighted by molar-refractivity contribution is 0.0292. The van der Waals surface area contributed by atoms with E-state index in [4.69, 9.17) is 4.74 Å². The Morgan fingerprint density at radius 1 is 1.14 bits per heavy atom. The lowest BCUT2D eigenvalue weighted by Gasteiger charge is -2.23. The molecule has 3 heteroatoms. The van der Waals surface area contributed by atoms with Crippen molar-refractivity contribution in [2.45, 2.75) is 12.5 Å². The Hall–Kier alpha value is -1.97. The van der Waals surface area contributed by atoms with E-state index >= 15 is 0 Å². The maximum absolute atomic E-state index is 5.76. The average Bonchev–Trinajstić information content (AvgIpc) is 2.55. The third-order valence-corrected chi connectivity index (χ3v) is 3.59. The van der Waals surface area contributed by atoms with E-state index in [1.807, 2.05) is 24.5 Å². The van der Waals surface area contributed by atoms with Crippen molar-refractivity contribution >= 4 is 12.2 Å². The number of hydrogen-bond acceptors (Lipinski definition) is 3. The highest BCUT2D eigenvalue weighted by molar-refractivity contribution is 5.69.